The summed E-state index contributed by atoms with van der Waals surface area (Å²) in [4.78, 5) is 140. The molecule has 4 fully saturated rings. The van der Waals surface area contributed by atoms with Crippen LogP contribution in [0.2, 0.25) is 0 Å². The topological polar surface area (TPSA) is 673 Å². The van der Waals surface area contributed by atoms with Crippen molar-refractivity contribution in [2.75, 3.05) is 63.4 Å². The highest BCUT2D eigenvalue weighted by molar-refractivity contribution is 7.48. The summed E-state index contributed by atoms with van der Waals surface area (Å²) in [6.07, 6.45) is -22.4. The van der Waals surface area contributed by atoms with E-state index in [1.165, 1.54) is 6.92 Å². The van der Waals surface area contributed by atoms with E-state index < -0.39 is 199 Å². The molecule has 53 heteroatoms. The number of hydrogen-bond donors (Lipinski definition) is 13. The predicted octanol–water partition coefficient (Wildman–Crippen LogP) is -2.40. The van der Waals surface area contributed by atoms with Gasteiger partial charge in [-0.05, 0) is 32.3 Å². The Morgan fingerprint density at radius 2 is 1.07 bits per heavy atom. The first-order valence-electron chi connectivity index (χ1n) is 29.6. The number of aromatic nitrogens is 12. The van der Waals surface area contributed by atoms with Gasteiger partial charge < -0.3 is 80.8 Å². The number of fused-ring (bicyclic) bond motifs is 6. The fourth-order valence-electron chi connectivity index (χ4n) is 10.9. The molecule has 0 aromatic carbocycles. The molecule has 0 bridgehead atoms. The number of hydrogen-bond acceptors (Lipinski definition) is 37. The number of rotatable bonds is 4. The van der Waals surface area contributed by atoms with Crippen molar-refractivity contribution in [3.05, 3.63) is 84.7 Å². The van der Waals surface area contributed by atoms with Crippen molar-refractivity contribution in [2.24, 2.45) is 5.16 Å². The second-order valence-electron chi connectivity index (χ2n) is 22.5. The minimum atomic E-state index is -5.86. The molecule has 0 spiro atoms. The van der Waals surface area contributed by atoms with Gasteiger partial charge in [0.05, 0.1) is 58.5 Å². The third kappa shape index (κ3) is 17.4. The van der Waals surface area contributed by atoms with Gasteiger partial charge in [-0.2, -0.15) is 9.97 Å². The first kappa shape index (κ1) is 74.8. The molecule has 20 atom stereocenters. The van der Waals surface area contributed by atoms with E-state index in [1.54, 1.807) is 0 Å². The van der Waals surface area contributed by atoms with Crippen LogP contribution in [0.5, 0.6) is 0 Å². The maximum absolute atomic E-state index is 14.3. The molecule has 48 nitrogen and oxygen atoms in total. The molecular formula is C47H65N16O32P5. The molecule has 11 heterocycles. The number of oxime groups is 1. The van der Waals surface area contributed by atoms with E-state index >= 15 is 0 Å². The molecule has 16 N–H and O–H groups in total. The summed E-state index contributed by atoms with van der Waals surface area (Å²) < 4.78 is 150. The highest BCUT2D eigenvalue weighted by Gasteiger charge is 2.55. The quantitative estimate of drug-likeness (QED) is 0.0819. The van der Waals surface area contributed by atoms with Gasteiger partial charge >= 0.3 is 50.5 Å². The van der Waals surface area contributed by atoms with Crippen molar-refractivity contribution in [1.82, 2.24) is 58.1 Å². The molecular weight excluding hydrogens is 1460 g/mol. The average molecular weight is 1520 g/mol. The molecule has 5 unspecified atom stereocenters. The van der Waals surface area contributed by atoms with Crippen LogP contribution in [-0.4, -0.2) is 218 Å². The number of nitrogens with one attached hydrogen (secondary N) is 2. The number of imidazole rings is 2. The molecule has 550 valence electrons. The molecule has 6 aromatic rings. The van der Waals surface area contributed by atoms with Crippen LogP contribution in [0.1, 0.15) is 62.6 Å². The number of nitrogens with zero attached hydrogens (tertiary/aromatic N) is 11. The molecule has 6 aromatic heterocycles. The smallest absolute Gasteiger partial charge is 0.396 e. The molecule has 0 aliphatic carbocycles. The Morgan fingerprint density at radius 3 is 1.66 bits per heavy atom. The lowest BCUT2D eigenvalue weighted by molar-refractivity contribution is -0.0640. The van der Waals surface area contributed by atoms with Crippen molar-refractivity contribution in [2.45, 2.75) is 131 Å². The number of aliphatic hydroxyl groups excluding tert-OH is 3. The van der Waals surface area contributed by atoms with Crippen molar-refractivity contribution in [3.8, 4) is 0 Å². The first-order chi connectivity index (χ1) is 47.2. The van der Waals surface area contributed by atoms with Crippen molar-refractivity contribution >= 4 is 85.2 Å². The lowest BCUT2D eigenvalue weighted by Gasteiger charge is -2.27. The lowest BCUT2D eigenvalue weighted by atomic mass is 10.1. The molecule has 100 heavy (non-hydrogen) atoms. The van der Waals surface area contributed by atoms with Crippen molar-refractivity contribution in [1.29, 1.82) is 0 Å². The zero-order valence-corrected chi connectivity index (χ0v) is 55.9. The number of nitrogen functional groups attached to an aromatic ring is 3. The first-order valence-corrected chi connectivity index (χ1v) is 37.1. The number of phosphoric acid groups is 5. The summed E-state index contributed by atoms with van der Waals surface area (Å²) in [5, 5.41) is 39.2. The zero-order chi connectivity index (χ0) is 71.8. The van der Waals surface area contributed by atoms with Crippen LogP contribution in [0, 0.1) is 6.92 Å². The van der Waals surface area contributed by atoms with E-state index in [9.17, 15) is 81.8 Å². The van der Waals surface area contributed by atoms with Crippen LogP contribution in [0.15, 0.2) is 61.8 Å². The molecule has 0 radical (unpaired) electrons. The average Bonchev–Trinajstić information content (AvgIpc) is 1.61. The van der Waals surface area contributed by atoms with Crippen LogP contribution in [0.3, 0.4) is 0 Å². The molecule has 4 saturated heterocycles. The third-order valence-electron chi connectivity index (χ3n) is 15.6. The highest BCUT2D eigenvalue weighted by atomic mass is 31.2. The van der Waals surface area contributed by atoms with E-state index in [4.69, 9.17) is 86.2 Å². The maximum atomic E-state index is 14.3. The maximum Gasteiger partial charge on any atom is 0.472 e. The van der Waals surface area contributed by atoms with Crippen LogP contribution >= 0.6 is 39.1 Å². The minimum absolute atomic E-state index is 0.00336. The summed E-state index contributed by atoms with van der Waals surface area (Å²) >= 11 is 0. The number of H-pyrrole nitrogens is 2. The summed E-state index contributed by atoms with van der Waals surface area (Å²) in [5.41, 5.74) is 12.8. The predicted molar refractivity (Wildman–Crippen MR) is 327 cm³/mol. The Hall–Kier alpha value is -6.40. The van der Waals surface area contributed by atoms with Gasteiger partial charge in [-0.15, -0.1) is 0 Å². The van der Waals surface area contributed by atoms with Gasteiger partial charge in [0, 0.05) is 24.4 Å². The fraction of sp³-hybridized carbons (Fsp3) is 0.596. The Morgan fingerprint density at radius 1 is 0.540 bits per heavy atom. The van der Waals surface area contributed by atoms with Gasteiger partial charge in [-0.3, -0.25) is 83.1 Å². The summed E-state index contributed by atoms with van der Waals surface area (Å²) in [7, 11) is -27.5. The second kappa shape index (κ2) is 30.5. The normalized spacial score (nSPS) is 37.4. The van der Waals surface area contributed by atoms with Gasteiger partial charge in [0.15, 0.2) is 41.3 Å². The number of aryl methyl sites for hydroxylation is 1. The standard InChI is InChI=1S/C47H65N16O32P5/c1-21-13-61(47(70)59-40(21)67)28-12-22-23(88-28)14-85-98(75,76)94-36-26(91-44(33(36)66)63-20-54-30-39(63)57-45(50)58-41(30)68)17-87-99(77,78)93-34-25(89-42(31(34)64)60-8-6-27(48)56-46(60)69)16-86-100(79,80)95-35-24(90-43(32(35)65)62-19-53-29-37(49)51-18-52-38(29)62)15-84-96(71,72)82-10-5-3-2-4-9-81-55-7-11-83-97(73,74)92-22/h6-8,13,18-20,22-26,28,31-36,42-44,64-66H,2-5,9-12,14-17H2,1H3,(H,71,72)(H,73,74)(H,75,76)(H,77,78)(H,79,80)(H2,48,56,69)(H2,49,51,52)(H,59,67,70)(H3,50,57,58,68)/b55-7+/t22-,23+,24+,25+,26+,28+,31+,32+,33+,34+,35+,36+,42+,43+,44+/m0/s1. The third-order valence-corrected chi connectivity index (χ3v) is 20.5. The summed E-state index contributed by atoms with van der Waals surface area (Å²) in [5.74, 6) is -0.895. The Kier molecular flexibility index (Phi) is 22.8. The van der Waals surface area contributed by atoms with Crippen LogP contribution in [-0.2, 0) is 91.8 Å². The largest absolute Gasteiger partial charge is 0.472 e. The molecule has 0 saturated carbocycles. The summed E-state index contributed by atoms with van der Waals surface area (Å²) in [6.45, 7) is -4.52. The lowest BCUT2D eigenvalue weighted by Crippen LogP contribution is -2.39. The highest BCUT2D eigenvalue weighted by Crippen LogP contribution is 2.55. The Labute approximate surface area is 557 Å². The van der Waals surface area contributed by atoms with Gasteiger partial charge in [0.1, 0.15) is 97.6 Å². The van der Waals surface area contributed by atoms with E-state index in [1.807, 2.05) is 0 Å². The van der Waals surface area contributed by atoms with E-state index in [0.717, 1.165) is 57.4 Å². The van der Waals surface area contributed by atoms with Crippen molar-refractivity contribution in [3.63, 3.8) is 0 Å². The van der Waals surface area contributed by atoms with E-state index in [2.05, 4.69) is 45.0 Å². The Balaban J connectivity index is 0.879. The number of anilines is 3. The zero-order valence-electron chi connectivity index (χ0n) is 51.5. The monoisotopic (exact) mass is 1520 g/mol. The van der Waals surface area contributed by atoms with Gasteiger partial charge in [0.2, 0.25) is 5.95 Å². The minimum Gasteiger partial charge on any atom is -0.396 e. The molecule has 11 rings (SSSR count). The number of ether oxygens (including phenoxy) is 4. The molecule has 5 aliphatic heterocycles. The number of phosphoric ester groups is 5. The Bertz CT molecular complexity index is 4480. The fourth-order valence-corrected chi connectivity index (χ4v) is 15.4. The second-order valence-corrected chi connectivity index (χ2v) is 29.5. The summed E-state index contributed by atoms with van der Waals surface area (Å²) in [6, 6.07) is 1.08. The van der Waals surface area contributed by atoms with Crippen LogP contribution < -0.4 is 39.7 Å². The number of aromatic amines is 2. The van der Waals surface area contributed by atoms with E-state index in [0.29, 0.717) is 23.8 Å². The van der Waals surface area contributed by atoms with E-state index in [-0.39, 0.29) is 59.2 Å². The molecule has 5 aliphatic rings. The van der Waals surface area contributed by atoms with Crippen LogP contribution in [0.4, 0.5) is 17.6 Å². The SMILES string of the molecule is Cc1cn([C@H]2C[C@@H]3OP(=O)(O)OC/C=N/OCCCCCCOP(=O)(O)OC[C@H]4O[C@@H](n5cnc6c(N)ncnc65)[C@H](O)[C@@H]4OP(=O)(O)OC[C@H]4O[C@@H](n5ccc(N)nc5=O)[C@H](O)[C@@H]4OP(=O)(O)OC[C@H]4O[C@@H](n5cnc6c(=O)[nH]c(N)nc65)[C@H](O)[C@@H]4OP(=O)(O)OC[C@H]3O2)c(=O)[nH]c1=O. The molecule has 0 amide bonds. The van der Waals surface area contributed by atoms with Gasteiger partial charge in [-0.25, -0.2) is 52.4 Å². The van der Waals surface area contributed by atoms with Crippen LogP contribution in [0.25, 0.3) is 22.3 Å². The van der Waals surface area contributed by atoms with Crippen molar-refractivity contribution < 1.29 is 132 Å². The van der Waals surface area contributed by atoms with Gasteiger partial charge in [0.25, 0.3) is 11.1 Å². The number of aliphatic hydroxyl groups is 3. The van der Waals surface area contributed by atoms with Gasteiger partial charge in [-0.1, -0.05) is 11.6 Å². The number of nitrogens with two attached hydrogens (primary N) is 3.